The molecule has 7 heteroatoms. The van der Waals surface area contributed by atoms with Crippen molar-refractivity contribution in [1.82, 2.24) is 15.1 Å². The number of rotatable bonds is 9. The first-order valence-electron chi connectivity index (χ1n) is 9.73. The lowest BCUT2D eigenvalue weighted by Crippen LogP contribution is -2.42. The van der Waals surface area contributed by atoms with Crippen molar-refractivity contribution >= 4 is 29.6 Å². The quantitative estimate of drug-likeness (QED) is 0.497. The zero-order valence-electron chi connectivity index (χ0n) is 17.3. The van der Waals surface area contributed by atoms with Crippen molar-refractivity contribution in [3.63, 3.8) is 0 Å². The summed E-state index contributed by atoms with van der Waals surface area (Å²) >= 11 is 6.41. The van der Waals surface area contributed by atoms with Crippen molar-refractivity contribution in [2.75, 3.05) is 6.61 Å². The topological polar surface area (TPSA) is 73.2 Å². The number of esters is 1. The lowest BCUT2D eigenvalue weighted by molar-refractivity contribution is -0.146. The second-order valence-corrected chi connectivity index (χ2v) is 7.56. The van der Waals surface area contributed by atoms with Gasteiger partial charge in [0.25, 0.3) is 0 Å². The van der Waals surface area contributed by atoms with Crippen LogP contribution in [0.25, 0.3) is 6.08 Å². The molecule has 0 aliphatic carbocycles. The van der Waals surface area contributed by atoms with Crippen LogP contribution in [-0.2, 0) is 27.3 Å². The molecule has 0 aliphatic heterocycles. The molecular weight excluding hydrogens is 390 g/mol. The first kappa shape index (κ1) is 22.7. The van der Waals surface area contributed by atoms with Gasteiger partial charge < -0.3 is 10.1 Å². The van der Waals surface area contributed by atoms with Gasteiger partial charge in [-0.15, -0.1) is 0 Å². The zero-order valence-corrected chi connectivity index (χ0v) is 18.1. The number of nitrogens with one attached hydrogen (secondary N) is 1. The van der Waals surface area contributed by atoms with Gasteiger partial charge in [-0.3, -0.25) is 9.48 Å². The van der Waals surface area contributed by atoms with E-state index in [0.717, 1.165) is 11.3 Å². The highest BCUT2D eigenvalue weighted by Gasteiger charge is 2.22. The fourth-order valence-corrected chi connectivity index (χ4v) is 3.19. The van der Waals surface area contributed by atoms with Gasteiger partial charge in [-0.25, -0.2) is 4.79 Å². The van der Waals surface area contributed by atoms with E-state index in [1.165, 1.54) is 6.08 Å². The third kappa shape index (κ3) is 6.75. The molecule has 2 rings (SSSR count). The Balaban J connectivity index is 2.11. The first-order chi connectivity index (χ1) is 13.8. The van der Waals surface area contributed by atoms with Crippen molar-refractivity contribution < 1.29 is 14.3 Å². The van der Waals surface area contributed by atoms with Crippen LogP contribution in [0.15, 0.2) is 36.4 Å². The number of halogens is 1. The SMILES string of the molecule is CCOC(=O)C(Cc1ccccc1)NC(=O)/C=C/c1c(C)nn(CC(C)C)c1Cl. The van der Waals surface area contributed by atoms with Gasteiger partial charge in [0, 0.05) is 24.6 Å². The molecule has 6 nitrogen and oxygen atoms in total. The van der Waals surface area contributed by atoms with Crippen LogP contribution in [0.4, 0.5) is 0 Å². The van der Waals surface area contributed by atoms with Gasteiger partial charge in [-0.05, 0) is 31.4 Å². The minimum atomic E-state index is -0.769. The molecular formula is C22H28ClN3O3. The van der Waals surface area contributed by atoms with Crippen molar-refractivity contribution in [3.8, 4) is 0 Å². The molecule has 1 N–H and O–H groups in total. The molecule has 0 fully saturated rings. The molecule has 1 aromatic heterocycles. The summed E-state index contributed by atoms with van der Waals surface area (Å²) in [6.07, 6.45) is 3.35. The van der Waals surface area contributed by atoms with Crippen LogP contribution in [0.2, 0.25) is 5.15 Å². The molecule has 1 amide bonds. The fourth-order valence-electron chi connectivity index (χ4n) is 2.89. The Morgan fingerprint density at radius 1 is 1.28 bits per heavy atom. The van der Waals surface area contributed by atoms with E-state index in [9.17, 15) is 9.59 Å². The van der Waals surface area contributed by atoms with Crippen molar-refractivity contribution in [3.05, 3.63) is 58.4 Å². The third-order valence-electron chi connectivity index (χ3n) is 4.22. The Hall–Kier alpha value is -2.60. The summed E-state index contributed by atoms with van der Waals surface area (Å²) in [6.45, 7) is 8.69. The minimum Gasteiger partial charge on any atom is -0.464 e. The number of aromatic nitrogens is 2. The lowest BCUT2D eigenvalue weighted by atomic mass is 10.1. The summed E-state index contributed by atoms with van der Waals surface area (Å²) in [4.78, 5) is 24.7. The van der Waals surface area contributed by atoms with Gasteiger partial charge in [0.05, 0.1) is 12.3 Å². The highest BCUT2D eigenvalue weighted by Crippen LogP contribution is 2.22. The van der Waals surface area contributed by atoms with E-state index in [2.05, 4.69) is 24.3 Å². The normalized spacial score (nSPS) is 12.3. The number of aryl methyl sites for hydroxylation is 1. The van der Waals surface area contributed by atoms with Crippen LogP contribution in [-0.4, -0.2) is 34.3 Å². The molecule has 0 saturated carbocycles. The van der Waals surface area contributed by atoms with E-state index < -0.39 is 17.9 Å². The van der Waals surface area contributed by atoms with Gasteiger partial charge in [0.2, 0.25) is 5.91 Å². The third-order valence-corrected chi connectivity index (χ3v) is 4.62. The van der Waals surface area contributed by atoms with Gasteiger partial charge in [-0.1, -0.05) is 55.8 Å². The van der Waals surface area contributed by atoms with Gasteiger partial charge >= 0.3 is 5.97 Å². The Labute approximate surface area is 176 Å². The van der Waals surface area contributed by atoms with Crippen LogP contribution >= 0.6 is 11.6 Å². The highest BCUT2D eigenvalue weighted by molar-refractivity contribution is 6.31. The highest BCUT2D eigenvalue weighted by atomic mass is 35.5. The first-order valence-corrected chi connectivity index (χ1v) is 10.1. The molecule has 0 spiro atoms. The van der Waals surface area contributed by atoms with Crippen molar-refractivity contribution in [2.45, 2.75) is 46.7 Å². The molecule has 156 valence electrons. The van der Waals surface area contributed by atoms with E-state index >= 15 is 0 Å². The number of benzene rings is 1. The summed E-state index contributed by atoms with van der Waals surface area (Å²) in [5, 5.41) is 7.65. The predicted molar refractivity (Wildman–Crippen MR) is 115 cm³/mol. The largest absolute Gasteiger partial charge is 0.464 e. The maximum absolute atomic E-state index is 12.5. The van der Waals surface area contributed by atoms with Gasteiger partial charge in [-0.2, -0.15) is 5.10 Å². The summed E-state index contributed by atoms with van der Waals surface area (Å²) in [5.74, 6) is -0.460. The van der Waals surface area contributed by atoms with Crippen LogP contribution in [0.3, 0.4) is 0 Å². The number of ether oxygens (including phenoxy) is 1. The second-order valence-electron chi connectivity index (χ2n) is 7.20. The molecule has 1 atom stereocenters. The molecule has 29 heavy (non-hydrogen) atoms. The summed E-state index contributed by atoms with van der Waals surface area (Å²) in [5.41, 5.74) is 2.37. The van der Waals surface area contributed by atoms with E-state index in [-0.39, 0.29) is 6.61 Å². The maximum Gasteiger partial charge on any atom is 0.328 e. The van der Waals surface area contributed by atoms with Crippen LogP contribution in [0.1, 0.15) is 37.6 Å². The molecule has 0 saturated heterocycles. The molecule has 2 aromatic rings. The molecule has 0 bridgehead atoms. The van der Waals surface area contributed by atoms with Crippen molar-refractivity contribution in [1.29, 1.82) is 0 Å². The second kappa shape index (κ2) is 10.8. The number of carbonyl (C=O) groups excluding carboxylic acids is 2. The Morgan fingerprint density at radius 2 is 1.97 bits per heavy atom. The molecule has 1 heterocycles. The molecule has 0 aliphatic rings. The Bertz CT molecular complexity index is 860. The Morgan fingerprint density at radius 3 is 2.59 bits per heavy atom. The number of nitrogens with zero attached hydrogens (tertiary/aromatic N) is 2. The number of carbonyl (C=O) groups is 2. The van der Waals surface area contributed by atoms with Gasteiger partial charge in [0.15, 0.2) is 0 Å². The summed E-state index contributed by atoms with van der Waals surface area (Å²) in [6, 6.07) is 8.71. The monoisotopic (exact) mass is 417 g/mol. The summed E-state index contributed by atoms with van der Waals surface area (Å²) in [7, 11) is 0. The van der Waals surface area contributed by atoms with E-state index in [0.29, 0.717) is 29.6 Å². The predicted octanol–water partition coefficient (Wildman–Crippen LogP) is 3.80. The zero-order chi connectivity index (χ0) is 21.4. The van der Waals surface area contributed by atoms with Gasteiger partial charge in [0.1, 0.15) is 11.2 Å². The minimum absolute atomic E-state index is 0.250. The molecule has 1 aromatic carbocycles. The number of amides is 1. The lowest BCUT2D eigenvalue weighted by Gasteiger charge is -2.16. The average molecular weight is 418 g/mol. The van der Waals surface area contributed by atoms with E-state index in [4.69, 9.17) is 16.3 Å². The average Bonchev–Trinajstić information content (AvgIpc) is 2.93. The number of hydrogen-bond donors (Lipinski definition) is 1. The van der Waals surface area contributed by atoms with Crippen LogP contribution < -0.4 is 5.32 Å². The smallest absolute Gasteiger partial charge is 0.328 e. The fraction of sp³-hybridized carbons (Fsp3) is 0.409. The summed E-state index contributed by atoms with van der Waals surface area (Å²) < 4.78 is 6.84. The van der Waals surface area contributed by atoms with Crippen molar-refractivity contribution in [2.24, 2.45) is 5.92 Å². The molecule has 1 unspecified atom stereocenters. The number of hydrogen-bond acceptors (Lipinski definition) is 4. The van der Waals surface area contributed by atoms with Crippen LogP contribution in [0, 0.1) is 12.8 Å². The Kier molecular flexibility index (Phi) is 8.46. The van der Waals surface area contributed by atoms with Crippen LogP contribution in [0.5, 0.6) is 0 Å². The van der Waals surface area contributed by atoms with E-state index in [1.54, 1.807) is 17.7 Å². The molecule has 0 radical (unpaired) electrons. The standard InChI is InChI=1S/C22H28ClN3O3/c1-5-29-22(28)19(13-17-9-7-6-8-10-17)24-20(27)12-11-18-16(4)25-26(21(18)23)14-15(2)3/h6-12,15,19H,5,13-14H2,1-4H3,(H,24,27)/b12-11+. The maximum atomic E-state index is 12.5. The van der Waals surface area contributed by atoms with E-state index in [1.807, 2.05) is 37.3 Å².